The molecule has 3 aliphatic rings. The number of benzene rings is 8. The molecule has 0 bridgehead atoms. The molecule has 8 aromatic carbocycles. The number of fused-ring (bicyclic) bond motifs is 1. The second-order valence-electron chi connectivity index (χ2n) is 22.8. The van der Waals surface area contributed by atoms with E-state index in [1.807, 2.05) is 302 Å². The lowest BCUT2D eigenvalue weighted by atomic mass is 9.85. The minimum Gasteiger partial charge on any atom is -0.457 e. The van der Waals surface area contributed by atoms with Crippen molar-refractivity contribution in [2.24, 2.45) is 17.3 Å². The molecule has 8 aromatic rings. The molecule has 3 nitrogen and oxygen atoms in total. The quantitative estimate of drug-likeness (QED) is 0.0419. The van der Waals surface area contributed by atoms with E-state index in [0.717, 1.165) is 78.8 Å². The van der Waals surface area contributed by atoms with Crippen molar-refractivity contribution in [3.05, 3.63) is 395 Å². The van der Waals surface area contributed by atoms with Gasteiger partial charge in [0.25, 0.3) is 0 Å². The van der Waals surface area contributed by atoms with Gasteiger partial charge in [0.15, 0.2) is 11.6 Å². The second kappa shape index (κ2) is 37.2. The normalized spacial score (nSPS) is 15.6. The SMILES string of the molecule is C=C/C=C\C=C\C#CC\C=C/C(=C\C)C(/C(C)=O)=C(\c1ccc(Oc2ccc(C3=C(c4ccc(C#Cc5ccccc5)cc4)C(=O)C(c4ccc(C#Cc5ccccc5)cc4)=C3)cc2)cc1)C1C2=C(C(C)/C(C#Cc3ccccc3)=C\C=C)CC=CC21C.CC.CC.c1ccccc1. The summed E-state index contributed by atoms with van der Waals surface area (Å²) in [5, 5.41) is 0. The summed E-state index contributed by atoms with van der Waals surface area (Å²) in [5.41, 5.74) is 15.7. The molecule has 98 heavy (non-hydrogen) atoms. The maximum absolute atomic E-state index is 14.8. The Labute approximate surface area is 583 Å². The van der Waals surface area contributed by atoms with Gasteiger partial charge in [0, 0.05) is 73.8 Å². The molecule has 0 aliphatic heterocycles. The zero-order chi connectivity index (χ0) is 69.5. The van der Waals surface area contributed by atoms with Gasteiger partial charge >= 0.3 is 0 Å². The highest BCUT2D eigenvalue weighted by Gasteiger charge is 2.59. The summed E-state index contributed by atoms with van der Waals surface area (Å²) >= 11 is 0. The van der Waals surface area contributed by atoms with Crippen LogP contribution in [0.25, 0.3) is 22.3 Å². The van der Waals surface area contributed by atoms with E-state index >= 15 is 0 Å². The first-order valence-electron chi connectivity index (χ1n) is 33.6. The molecule has 0 aromatic heterocycles. The van der Waals surface area contributed by atoms with Crippen molar-refractivity contribution in [3.63, 3.8) is 0 Å². The fourth-order valence-electron chi connectivity index (χ4n) is 11.8. The zero-order valence-electron chi connectivity index (χ0n) is 57.6. The Morgan fingerprint density at radius 2 is 1.09 bits per heavy atom. The molecular formula is C95H84O3. The van der Waals surface area contributed by atoms with Crippen LogP contribution in [0.3, 0.4) is 0 Å². The van der Waals surface area contributed by atoms with Crippen molar-refractivity contribution < 1.29 is 14.3 Å². The Morgan fingerprint density at radius 3 is 1.60 bits per heavy atom. The number of ether oxygens (including phenoxy) is 1. The third-order valence-corrected chi connectivity index (χ3v) is 16.5. The van der Waals surface area contributed by atoms with Crippen LogP contribution in [0.5, 0.6) is 11.5 Å². The molecule has 3 heteroatoms. The lowest BCUT2D eigenvalue weighted by Gasteiger charge is -2.18. The Bertz CT molecular complexity index is 4650. The summed E-state index contributed by atoms with van der Waals surface area (Å²) in [6.07, 6.45) is 26.9. The van der Waals surface area contributed by atoms with E-state index in [-0.39, 0.29) is 28.8 Å². The molecule has 482 valence electrons. The number of rotatable bonds is 16. The van der Waals surface area contributed by atoms with E-state index in [4.69, 9.17) is 4.74 Å². The number of ketones is 2. The van der Waals surface area contributed by atoms with E-state index in [1.165, 1.54) is 11.1 Å². The van der Waals surface area contributed by atoms with E-state index in [0.29, 0.717) is 34.6 Å². The molecule has 1 saturated carbocycles. The first-order chi connectivity index (χ1) is 48.1. The molecule has 0 N–H and O–H groups in total. The van der Waals surface area contributed by atoms with Gasteiger partial charge in [0.1, 0.15) is 11.5 Å². The van der Waals surface area contributed by atoms with Gasteiger partial charge in [-0.05, 0) is 156 Å². The third kappa shape index (κ3) is 19.1. The molecule has 0 spiro atoms. The van der Waals surface area contributed by atoms with Crippen molar-refractivity contribution >= 4 is 33.9 Å². The maximum atomic E-state index is 14.8. The van der Waals surface area contributed by atoms with Crippen LogP contribution < -0.4 is 4.74 Å². The molecule has 0 radical (unpaired) electrons. The first kappa shape index (κ1) is 71.9. The van der Waals surface area contributed by atoms with Gasteiger partial charge in [-0.2, -0.15) is 0 Å². The molecule has 3 unspecified atom stereocenters. The highest BCUT2D eigenvalue weighted by Crippen LogP contribution is 2.69. The minimum absolute atomic E-state index is 0.000340. The molecule has 1 fully saturated rings. The second-order valence-corrected chi connectivity index (χ2v) is 22.8. The number of hydrogen-bond acceptors (Lipinski definition) is 3. The lowest BCUT2D eigenvalue weighted by molar-refractivity contribution is -0.113. The van der Waals surface area contributed by atoms with Crippen molar-refractivity contribution in [1.29, 1.82) is 0 Å². The van der Waals surface area contributed by atoms with Crippen LogP contribution in [-0.4, -0.2) is 11.6 Å². The topological polar surface area (TPSA) is 43.4 Å². The fraction of sp³-hybridized carbons (Fsp3) is 0.137. The highest BCUT2D eigenvalue weighted by molar-refractivity contribution is 6.51. The van der Waals surface area contributed by atoms with Crippen LogP contribution in [-0.2, 0) is 9.59 Å². The number of Topliss-reactive ketones (excluding diaryl/α,β-unsaturated/α-hetero) is 2. The van der Waals surface area contributed by atoms with Gasteiger partial charge < -0.3 is 4.74 Å². The van der Waals surface area contributed by atoms with E-state index in [2.05, 4.69) is 98.7 Å². The van der Waals surface area contributed by atoms with Crippen LogP contribution in [0.4, 0.5) is 0 Å². The summed E-state index contributed by atoms with van der Waals surface area (Å²) in [5.74, 6) is 27.3. The smallest absolute Gasteiger partial charge is 0.194 e. The molecule has 0 amide bonds. The lowest BCUT2D eigenvalue weighted by Crippen LogP contribution is -2.08. The third-order valence-electron chi connectivity index (χ3n) is 16.5. The maximum Gasteiger partial charge on any atom is 0.194 e. The van der Waals surface area contributed by atoms with Crippen LogP contribution >= 0.6 is 0 Å². The largest absolute Gasteiger partial charge is 0.457 e. The highest BCUT2D eigenvalue weighted by atomic mass is 16.5. The molecule has 11 rings (SSSR count). The van der Waals surface area contributed by atoms with E-state index in [1.54, 1.807) is 19.1 Å². The summed E-state index contributed by atoms with van der Waals surface area (Å²) in [6.45, 7) is 23.9. The predicted octanol–water partition coefficient (Wildman–Crippen LogP) is 22.8. The van der Waals surface area contributed by atoms with Gasteiger partial charge in [0.2, 0.25) is 0 Å². The van der Waals surface area contributed by atoms with Crippen molar-refractivity contribution in [1.82, 2.24) is 0 Å². The molecule has 3 atom stereocenters. The average molecular weight is 1270 g/mol. The standard InChI is InChI=1S/C85H66O3.C6H6.2C2H6/c1-7-10-11-12-13-14-15-16-26-35-68(9-3)79(62(5)86)81(83-82-76(36-27-59-85(82,83)6)61(4)69(28-8-2)46-41-65-33-24-19-25-34-65)73-53-57-75(58-54-73)88-74-55-51-70(52-56-74)77-60-78(71-47-42-66(43-48-71)39-37-63-29-20-17-21-30-63)84(87)80(77)72-49-44-67(45-50-72)40-38-64-31-22-18-23-32-64;1-2-4-6-5-3-1;2*1-2/h7-13,17-35,42-45,47-61,83H,1-2,16,36H2,3-6H3;1-6H;2*1-2H3/b11-10-,13-12+,35-26-,68-9+,69-28-,81-79+;;;. The molecule has 0 saturated heterocycles. The Morgan fingerprint density at radius 1 is 0.602 bits per heavy atom. The predicted molar refractivity (Wildman–Crippen MR) is 414 cm³/mol. The van der Waals surface area contributed by atoms with Crippen molar-refractivity contribution in [2.75, 3.05) is 0 Å². The summed E-state index contributed by atoms with van der Waals surface area (Å²) in [6, 6.07) is 73.5. The van der Waals surface area contributed by atoms with E-state index in [9.17, 15) is 9.59 Å². The number of carbonyl (C=O) groups is 2. The molecular weight excluding hydrogens is 1190 g/mol. The van der Waals surface area contributed by atoms with Crippen LogP contribution in [0.1, 0.15) is 118 Å². The Hall–Kier alpha value is -12.0. The van der Waals surface area contributed by atoms with Crippen LogP contribution in [0.15, 0.2) is 344 Å². The average Bonchev–Trinajstić information content (AvgIpc) is 1.52. The monoisotopic (exact) mass is 1270 g/mol. The zero-order valence-corrected chi connectivity index (χ0v) is 57.6. The summed E-state index contributed by atoms with van der Waals surface area (Å²) < 4.78 is 6.61. The van der Waals surface area contributed by atoms with Gasteiger partial charge in [0.05, 0.1) is 0 Å². The molecule has 0 heterocycles. The van der Waals surface area contributed by atoms with Crippen LogP contribution in [0, 0.1) is 64.6 Å². The summed E-state index contributed by atoms with van der Waals surface area (Å²) in [4.78, 5) is 29.1. The van der Waals surface area contributed by atoms with Gasteiger partial charge in [-0.3, -0.25) is 9.59 Å². The van der Waals surface area contributed by atoms with Gasteiger partial charge in [-0.15, -0.1) is 0 Å². The van der Waals surface area contributed by atoms with Crippen LogP contribution in [0.2, 0.25) is 0 Å². The Balaban J connectivity index is 0.00000114. The molecule has 3 aliphatic carbocycles. The van der Waals surface area contributed by atoms with Crippen molar-refractivity contribution in [3.8, 4) is 58.9 Å². The van der Waals surface area contributed by atoms with Crippen molar-refractivity contribution in [2.45, 2.75) is 68.2 Å². The number of carbonyl (C=O) groups excluding carboxylic acids is 2. The van der Waals surface area contributed by atoms with Gasteiger partial charge in [-0.25, -0.2) is 0 Å². The Kier molecular flexibility index (Phi) is 27.3. The van der Waals surface area contributed by atoms with Gasteiger partial charge in [-0.1, -0.05) is 320 Å². The summed E-state index contributed by atoms with van der Waals surface area (Å²) in [7, 11) is 0. The fourth-order valence-corrected chi connectivity index (χ4v) is 11.8. The van der Waals surface area contributed by atoms with E-state index < -0.39 is 0 Å². The first-order valence-corrected chi connectivity index (χ1v) is 33.6. The number of allylic oxidation sites excluding steroid dienone is 22. The minimum atomic E-state index is -0.334. The number of hydrogen-bond donors (Lipinski definition) is 0.